The summed E-state index contributed by atoms with van der Waals surface area (Å²) in [7, 11) is 0. The SMILES string of the molecule is C=CC(=O)N1CCC[C@@H](Nc2nc(Nc3ccc(N4CCOCC4)cc3)nc3[nH]cc(Cl)c23)C1. The molecule has 1 atom stereocenters. The Kier molecular flexibility index (Phi) is 6.55. The number of ether oxygens (including phenoxy) is 1. The second kappa shape index (κ2) is 9.90. The van der Waals surface area contributed by atoms with Gasteiger partial charge >= 0.3 is 0 Å². The van der Waals surface area contributed by atoms with Crippen molar-refractivity contribution in [1.29, 1.82) is 0 Å². The summed E-state index contributed by atoms with van der Waals surface area (Å²) < 4.78 is 5.44. The number of morpholine rings is 1. The van der Waals surface area contributed by atoms with Gasteiger partial charge in [-0.1, -0.05) is 18.2 Å². The lowest BCUT2D eigenvalue weighted by Gasteiger charge is -2.33. The first-order valence-electron chi connectivity index (χ1n) is 11.5. The van der Waals surface area contributed by atoms with Gasteiger partial charge in [0.05, 0.1) is 23.6 Å². The van der Waals surface area contributed by atoms with Gasteiger partial charge in [0.25, 0.3) is 0 Å². The number of carbonyl (C=O) groups excluding carboxylic acids is 1. The van der Waals surface area contributed by atoms with Crippen LogP contribution in [0.5, 0.6) is 0 Å². The van der Waals surface area contributed by atoms with Gasteiger partial charge in [-0.3, -0.25) is 4.79 Å². The van der Waals surface area contributed by atoms with Crippen molar-refractivity contribution in [3.05, 3.63) is 48.1 Å². The van der Waals surface area contributed by atoms with E-state index in [1.807, 2.05) is 12.1 Å². The predicted octanol–water partition coefficient (Wildman–Crippen LogP) is 3.78. The number of hydrogen-bond acceptors (Lipinski definition) is 7. The summed E-state index contributed by atoms with van der Waals surface area (Å²) >= 11 is 6.44. The Balaban J connectivity index is 1.35. The van der Waals surface area contributed by atoms with E-state index in [1.54, 1.807) is 11.1 Å². The maximum atomic E-state index is 12.1. The van der Waals surface area contributed by atoms with E-state index in [2.05, 4.69) is 44.2 Å². The van der Waals surface area contributed by atoms with Crippen molar-refractivity contribution < 1.29 is 9.53 Å². The highest BCUT2D eigenvalue weighted by molar-refractivity contribution is 6.36. The summed E-state index contributed by atoms with van der Waals surface area (Å²) in [6.07, 6.45) is 4.91. The van der Waals surface area contributed by atoms with Gasteiger partial charge in [-0.05, 0) is 43.2 Å². The average Bonchev–Trinajstić information content (AvgIpc) is 3.25. The normalized spacial score (nSPS) is 18.7. The molecule has 178 valence electrons. The molecule has 5 rings (SSSR count). The van der Waals surface area contributed by atoms with E-state index in [9.17, 15) is 4.79 Å². The molecule has 34 heavy (non-hydrogen) atoms. The van der Waals surface area contributed by atoms with Crippen molar-refractivity contribution in [2.24, 2.45) is 0 Å². The number of likely N-dealkylation sites (tertiary alicyclic amines) is 1. The van der Waals surface area contributed by atoms with Crippen LogP contribution in [-0.4, -0.2) is 71.2 Å². The highest BCUT2D eigenvalue weighted by Crippen LogP contribution is 2.31. The Morgan fingerprint density at radius 1 is 1.21 bits per heavy atom. The van der Waals surface area contributed by atoms with E-state index < -0.39 is 0 Å². The van der Waals surface area contributed by atoms with Crippen molar-refractivity contribution >= 4 is 51.7 Å². The zero-order valence-electron chi connectivity index (χ0n) is 18.9. The molecule has 3 aromatic rings. The molecule has 2 aromatic heterocycles. The Hall–Kier alpha value is -3.30. The molecule has 2 aliphatic heterocycles. The molecular weight excluding hydrogens is 454 g/mol. The Bertz CT molecular complexity index is 1170. The summed E-state index contributed by atoms with van der Waals surface area (Å²) in [5.74, 6) is 1.05. The number of piperidine rings is 1. The molecule has 0 saturated carbocycles. The first-order valence-corrected chi connectivity index (χ1v) is 11.9. The molecule has 0 bridgehead atoms. The number of hydrogen-bond donors (Lipinski definition) is 3. The third-order valence-electron chi connectivity index (χ3n) is 6.23. The number of benzene rings is 1. The van der Waals surface area contributed by atoms with Crippen LogP contribution in [0.15, 0.2) is 43.1 Å². The molecule has 0 aliphatic carbocycles. The number of halogens is 1. The lowest BCUT2D eigenvalue weighted by molar-refractivity contribution is -0.127. The fraction of sp³-hybridized carbons (Fsp3) is 0.375. The number of aromatic nitrogens is 3. The smallest absolute Gasteiger partial charge is 0.246 e. The van der Waals surface area contributed by atoms with E-state index in [0.717, 1.165) is 56.8 Å². The zero-order chi connectivity index (χ0) is 23.5. The molecule has 3 N–H and O–H groups in total. The minimum absolute atomic E-state index is 0.0538. The number of nitrogens with one attached hydrogen (secondary N) is 3. The second-order valence-corrected chi connectivity index (χ2v) is 8.91. The molecule has 0 unspecified atom stereocenters. The van der Waals surface area contributed by atoms with Crippen LogP contribution in [-0.2, 0) is 9.53 Å². The Morgan fingerprint density at radius 3 is 2.76 bits per heavy atom. The first kappa shape index (κ1) is 22.5. The molecule has 1 aromatic carbocycles. The van der Waals surface area contributed by atoms with Gasteiger partial charge in [-0.2, -0.15) is 9.97 Å². The molecule has 0 spiro atoms. The van der Waals surface area contributed by atoms with Crippen molar-refractivity contribution in [3.63, 3.8) is 0 Å². The third-order valence-corrected chi connectivity index (χ3v) is 6.53. The number of aromatic amines is 1. The maximum Gasteiger partial charge on any atom is 0.246 e. The standard InChI is InChI=1S/C24H28ClN7O2/c1-2-20(33)32-9-3-4-17(15-32)27-23-21-19(25)14-26-22(21)29-24(30-23)28-16-5-7-18(8-6-16)31-10-12-34-13-11-31/h2,5-8,14,17H,1,3-4,9-13,15H2,(H3,26,27,28,29,30)/t17-/m1/s1. The quantitative estimate of drug-likeness (QED) is 0.461. The van der Waals surface area contributed by atoms with Crippen LogP contribution in [0, 0.1) is 0 Å². The van der Waals surface area contributed by atoms with E-state index >= 15 is 0 Å². The summed E-state index contributed by atoms with van der Waals surface area (Å²) in [6, 6.07) is 8.27. The Morgan fingerprint density at radius 2 is 2.00 bits per heavy atom. The lowest BCUT2D eigenvalue weighted by Crippen LogP contribution is -2.44. The lowest BCUT2D eigenvalue weighted by atomic mass is 10.1. The van der Waals surface area contributed by atoms with Crippen molar-refractivity contribution in [3.8, 4) is 0 Å². The van der Waals surface area contributed by atoms with Crippen molar-refractivity contribution in [1.82, 2.24) is 19.9 Å². The largest absolute Gasteiger partial charge is 0.378 e. The van der Waals surface area contributed by atoms with Crippen LogP contribution >= 0.6 is 11.6 Å². The molecule has 2 aliphatic rings. The minimum atomic E-state index is -0.0538. The predicted molar refractivity (Wildman–Crippen MR) is 135 cm³/mol. The number of fused-ring (bicyclic) bond motifs is 1. The maximum absolute atomic E-state index is 12.1. The van der Waals surface area contributed by atoms with Gasteiger partial charge < -0.3 is 30.2 Å². The summed E-state index contributed by atoms with van der Waals surface area (Å²) in [4.78, 5) is 28.7. The van der Waals surface area contributed by atoms with Gasteiger partial charge in [0.2, 0.25) is 11.9 Å². The second-order valence-electron chi connectivity index (χ2n) is 8.50. The topological polar surface area (TPSA) is 98.4 Å². The van der Waals surface area contributed by atoms with E-state index in [1.165, 1.54) is 11.8 Å². The number of carbonyl (C=O) groups is 1. The van der Waals surface area contributed by atoms with E-state index in [4.69, 9.17) is 21.3 Å². The molecule has 10 heteroatoms. The minimum Gasteiger partial charge on any atom is -0.378 e. The first-order chi connectivity index (χ1) is 16.6. The molecule has 9 nitrogen and oxygen atoms in total. The zero-order valence-corrected chi connectivity index (χ0v) is 19.6. The van der Waals surface area contributed by atoms with Crippen LogP contribution in [0.2, 0.25) is 5.02 Å². The molecule has 0 radical (unpaired) electrons. The van der Waals surface area contributed by atoms with E-state index in [-0.39, 0.29) is 11.9 Å². The number of nitrogens with zero attached hydrogens (tertiary/aromatic N) is 4. The molecule has 4 heterocycles. The number of H-pyrrole nitrogens is 1. The molecular formula is C24H28ClN7O2. The number of amides is 1. The van der Waals surface area contributed by atoms with Gasteiger partial charge in [-0.25, -0.2) is 0 Å². The average molecular weight is 482 g/mol. The summed E-state index contributed by atoms with van der Waals surface area (Å²) in [5.41, 5.74) is 2.70. The van der Waals surface area contributed by atoms with Crippen LogP contribution in [0.4, 0.5) is 23.1 Å². The molecule has 1 amide bonds. The van der Waals surface area contributed by atoms with Gasteiger partial charge in [0.1, 0.15) is 11.5 Å². The van der Waals surface area contributed by atoms with E-state index in [0.29, 0.717) is 29.0 Å². The van der Waals surface area contributed by atoms with Crippen LogP contribution < -0.4 is 15.5 Å². The third kappa shape index (κ3) is 4.80. The number of anilines is 4. The van der Waals surface area contributed by atoms with Crippen molar-refractivity contribution in [2.45, 2.75) is 18.9 Å². The van der Waals surface area contributed by atoms with Crippen LogP contribution in [0.1, 0.15) is 12.8 Å². The monoisotopic (exact) mass is 481 g/mol. The molecule has 2 fully saturated rings. The molecule has 2 saturated heterocycles. The van der Waals surface area contributed by atoms with Crippen LogP contribution in [0.25, 0.3) is 11.0 Å². The fourth-order valence-electron chi connectivity index (χ4n) is 4.48. The number of rotatable bonds is 6. The summed E-state index contributed by atoms with van der Waals surface area (Å²) in [5, 5.41) is 8.09. The Labute approximate surface area is 203 Å². The fourth-order valence-corrected chi connectivity index (χ4v) is 4.71. The van der Waals surface area contributed by atoms with Crippen molar-refractivity contribution in [2.75, 3.05) is 54.9 Å². The highest BCUT2D eigenvalue weighted by Gasteiger charge is 2.24. The highest BCUT2D eigenvalue weighted by atomic mass is 35.5. The summed E-state index contributed by atoms with van der Waals surface area (Å²) in [6.45, 7) is 8.22. The van der Waals surface area contributed by atoms with Gasteiger partial charge in [-0.15, -0.1) is 0 Å². The van der Waals surface area contributed by atoms with Gasteiger partial charge in [0.15, 0.2) is 0 Å². The van der Waals surface area contributed by atoms with Gasteiger partial charge in [0, 0.05) is 49.8 Å². The van der Waals surface area contributed by atoms with Crippen LogP contribution in [0.3, 0.4) is 0 Å².